The van der Waals surface area contributed by atoms with Crippen LogP contribution in [0.25, 0.3) is 27.9 Å². The zero-order valence-corrected chi connectivity index (χ0v) is 22.1. The maximum absolute atomic E-state index is 13.4. The molecule has 4 aromatic rings. The van der Waals surface area contributed by atoms with Gasteiger partial charge in [-0.15, -0.1) is 0 Å². The van der Waals surface area contributed by atoms with E-state index in [9.17, 15) is 4.79 Å². The Morgan fingerprint density at radius 3 is 2.53 bits per heavy atom. The van der Waals surface area contributed by atoms with Gasteiger partial charge < -0.3 is 20.5 Å². The van der Waals surface area contributed by atoms with Gasteiger partial charge in [-0.25, -0.2) is 9.97 Å². The zero-order valence-electron chi connectivity index (χ0n) is 22.1. The Balaban J connectivity index is 1.39. The summed E-state index contributed by atoms with van der Waals surface area (Å²) in [7, 11) is 0. The number of hydrogen-bond donors (Lipinski definition) is 2. The number of hydrogen-bond acceptors (Lipinski definition) is 6. The number of nitrogens with zero attached hydrogens (tertiary/aromatic N) is 3. The molecule has 200 valence electrons. The summed E-state index contributed by atoms with van der Waals surface area (Å²) >= 11 is 0. The van der Waals surface area contributed by atoms with Gasteiger partial charge in [0.2, 0.25) is 0 Å². The molecule has 1 atom stereocenters. The second kappa shape index (κ2) is 12.3. The lowest BCUT2D eigenvalue weighted by Gasteiger charge is -2.11. The van der Waals surface area contributed by atoms with Gasteiger partial charge in [0.05, 0.1) is 23.7 Å². The van der Waals surface area contributed by atoms with E-state index in [-0.39, 0.29) is 12.0 Å². The minimum Gasteiger partial charge on any atom is -0.494 e. The normalized spacial score (nSPS) is 15.3. The van der Waals surface area contributed by atoms with Crippen molar-refractivity contribution in [1.82, 2.24) is 19.9 Å². The molecule has 8 nitrogen and oxygen atoms in total. The highest BCUT2D eigenvalue weighted by Gasteiger charge is 2.26. The average molecular weight is 516 g/mol. The monoisotopic (exact) mass is 515 g/mol. The van der Waals surface area contributed by atoms with Crippen LogP contribution in [0.2, 0.25) is 0 Å². The topological polar surface area (TPSA) is 104 Å². The Bertz CT molecular complexity index is 1380. The van der Waals surface area contributed by atoms with Gasteiger partial charge in [0.1, 0.15) is 22.6 Å². The van der Waals surface area contributed by atoms with Crippen molar-refractivity contribution in [3.63, 3.8) is 0 Å². The molecule has 0 saturated carbocycles. The van der Waals surface area contributed by atoms with Crippen LogP contribution in [0.15, 0.2) is 48.5 Å². The molecule has 0 bridgehead atoms. The Hall–Kier alpha value is -3.65. The van der Waals surface area contributed by atoms with Crippen LogP contribution < -0.4 is 15.8 Å². The van der Waals surface area contributed by atoms with Gasteiger partial charge in [-0.3, -0.25) is 9.36 Å². The second-order valence-electron chi connectivity index (χ2n) is 9.94. The van der Waals surface area contributed by atoms with E-state index in [1.807, 2.05) is 48.5 Å². The fourth-order valence-corrected chi connectivity index (χ4v) is 5.01. The smallest absolute Gasteiger partial charge is 0.257 e. The molecular formula is C30H37N5O3. The summed E-state index contributed by atoms with van der Waals surface area (Å²) in [6, 6.07) is 15.4. The highest BCUT2D eigenvalue weighted by atomic mass is 16.5. The maximum Gasteiger partial charge on any atom is 0.257 e. The van der Waals surface area contributed by atoms with Gasteiger partial charge in [-0.2, -0.15) is 0 Å². The molecule has 1 aliphatic heterocycles. The van der Waals surface area contributed by atoms with E-state index in [0.29, 0.717) is 41.2 Å². The first-order valence-electron chi connectivity index (χ1n) is 13.9. The van der Waals surface area contributed by atoms with Gasteiger partial charge in [-0.1, -0.05) is 51.2 Å². The highest BCUT2D eigenvalue weighted by Crippen LogP contribution is 2.31. The van der Waals surface area contributed by atoms with Crippen LogP contribution in [0.5, 0.6) is 5.75 Å². The number of carbonyl (C=O) groups excluding carboxylic acids is 1. The fraction of sp³-hybridized carbons (Fsp3) is 0.433. The summed E-state index contributed by atoms with van der Waals surface area (Å²) in [6.07, 6.45) is 9.34. The average Bonchev–Trinajstić information content (AvgIpc) is 3.56. The fourth-order valence-electron chi connectivity index (χ4n) is 5.01. The molecule has 1 saturated heterocycles. The Labute approximate surface area is 223 Å². The Morgan fingerprint density at radius 2 is 1.79 bits per heavy atom. The molecule has 3 N–H and O–H groups in total. The minimum absolute atomic E-state index is 0.0318. The first kappa shape index (κ1) is 26.0. The van der Waals surface area contributed by atoms with Gasteiger partial charge >= 0.3 is 0 Å². The van der Waals surface area contributed by atoms with Crippen LogP contribution in [0, 0.1) is 0 Å². The molecule has 1 amide bonds. The maximum atomic E-state index is 13.4. The number of benzene rings is 2. The van der Waals surface area contributed by atoms with E-state index in [4.69, 9.17) is 25.2 Å². The number of ether oxygens (including phenoxy) is 2. The summed E-state index contributed by atoms with van der Waals surface area (Å²) in [6.45, 7) is 4.11. The number of unbranched alkanes of at least 4 members (excludes halogenated alkanes) is 5. The van der Waals surface area contributed by atoms with E-state index in [1.165, 1.54) is 32.1 Å². The number of amides is 1. The van der Waals surface area contributed by atoms with Crippen molar-refractivity contribution in [2.24, 2.45) is 0 Å². The third kappa shape index (κ3) is 5.75. The number of aromatic nitrogens is 3. The minimum atomic E-state index is -0.273. The number of nitrogens with one attached hydrogen (secondary N) is 1. The highest BCUT2D eigenvalue weighted by molar-refractivity contribution is 6.11. The lowest BCUT2D eigenvalue weighted by molar-refractivity contribution is 0.0859. The van der Waals surface area contributed by atoms with Gasteiger partial charge in [0.15, 0.2) is 5.65 Å². The molecule has 0 spiro atoms. The van der Waals surface area contributed by atoms with Crippen LogP contribution in [-0.2, 0) is 4.74 Å². The number of para-hydroxylation sites is 2. The molecule has 0 radical (unpaired) electrons. The molecular weight excluding hydrogens is 478 g/mol. The molecule has 1 fully saturated rings. The third-order valence-corrected chi connectivity index (χ3v) is 7.10. The molecule has 3 heterocycles. The van der Waals surface area contributed by atoms with Crippen molar-refractivity contribution in [3.05, 3.63) is 54.1 Å². The van der Waals surface area contributed by atoms with Crippen LogP contribution >= 0.6 is 0 Å². The molecule has 2 aromatic carbocycles. The number of carbonyl (C=O) groups is 1. The first-order chi connectivity index (χ1) is 18.7. The Morgan fingerprint density at radius 1 is 1.05 bits per heavy atom. The second-order valence-corrected chi connectivity index (χ2v) is 9.94. The van der Waals surface area contributed by atoms with E-state index < -0.39 is 0 Å². The van der Waals surface area contributed by atoms with E-state index >= 15 is 0 Å². The standard InChI is InChI=1S/C30H37N5O3/c1-2-3-4-5-6-9-18-37-22-16-14-21(15-17-22)35-28(31)26(30(36)32-20-23-11-10-19-38-23)27-29(35)34-25-13-8-7-12-24(25)33-27/h7-8,12-17,23H,2-6,9-11,18-20,31H2,1H3,(H,32,36). The molecule has 38 heavy (non-hydrogen) atoms. The quantitative estimate of drug-likeness (QED) is 0.231. The lowest BCUT2D eigenvalue weighted by Crippen LogP contribution is -2.32. The number of nitrogen functional groups attached to an aromatic ring is 1. The summed E-state index contributed by atoms with van der Waals surface area (Å²) in [5.41, 5.74) is 10.2. The van der Waals surface area contributed by atoms with Crippen molar-refractivity contribution >= 4 is 33.9 Å². The predicted molar refractivity (Wildman–Crippen MR) is 151 cm³/mol. The van der Waals surface area contributed by atoms with Crippen molar-refractivity contribution in [2.75, 3.05) is 25.5 Å². The van der Waals surface area contributed by atoms with E-state index in [1.54, 1.807) is 4.57 Å². The van der Waals surface area contributed by atoms with Crippen molar-refractivity contribution in [1.29, 1.82) is 0 Å². The zero-order chi connectivity index (χ0) is 26.3. The number of fused-ring (bicyclic) bond motifs is 2. The van der Waals surface area contributed by atoms with Crippen molar-refractivity contribution in [2.45, 2.75) is 64.4 Å². The van der Waals surface area contributed by atoms with Crippen LogP contribution in [0.4, 0.5) is 5.82 Å². The molecule has 1 unspecified atom stereocenters. The largest absolute Gasteiger partial charge is 0.494 e. The van der Waals surface area contributed by atoms with E-state index in [0.717, 1.165) is 42.8 Å². The van der Waals surface area contributed by atoms with Crippen molar-refractivity contribution < 1.29 is 14.3 Å². The lowest BCUT2D eigenvalue weighted by atomic mass is 10.1. The molecule has 5 rings (SSSR count). The summed E-state index contributed by atoms with van der Waals surface area (Å²) in [4.78, 5) is 23.0. The van der Waals surface area contributed by atoms with Gasteiger partial charge in [0, 0.05) is 18.8 Å². The molecule has 8 heteroatoms. The molecule has 1 aliphatic rings. The summed E-state index contributed by atoms with van der Waals surface area (Å²) in [5, 5.41) is 3.00. The van der Waals surface area contributed by atoms with Gasteiger partial charge in [0.25, 0.3) is 5.91 Å². The SMILES string of the molecule is CCCCCCCCOc1ccc(-n2c(N)c(C(=O)NCC3CCCO3)c3nc4ccccc4nc32)cc1. The summed E-state index contributed by atoms with van der Waals surface area (Å²) < 4.78 is 13.4. The van der Waals surface area contributed by atoms with Gasteiger partial charge in [-0.05, 0) is 55.7 Å². The molecule has 0 aliphatic carbocycles. The Kier molecular flexibility index (Phi) is 8.38. The van der Waals surface area contributed by atoms with Crippen LogP contribution in [0.1, 0.15) is 68.6 Å². The summed E-state index contributed by atoms with van der Waals surface area (Å²) in [5.74, 6) is 0.842. The number of anilines is 1. The first-order valence-corrected chi connectivity index (χ1v) is 13.9. The van der Waals surface area contributed by atoms with Crippen molar-refractivity contribution in [3.8, 4) is 11.4 Å². The number of nitrogens with two attached hydrogens (primary N) is 1. The van der Waals surface area contributed by atoms with E-state index in [2.05, 4.69) is 12.2 Å². The number of rotatable bonds is 12. The third-order valence-electron chi connectivity index (χ3n) is 7.10. The van der Waals surface area contributed by atoms with Crippen LogP contribution in [-0.4, -0.2) is 46.3 Å². The molecule has 2 aromatic heterocycles. The predicted octanol–water partition coefficient (Wildman–Crippen LogP) is 5.80. The van der Waals surface area contributed by atoms with Crippen LogP contribution in [0.3, 0.4) is 0 Å².